The topological polar surface area (TPSA) is 77.4 Å². The van der Waals surface area contributed by atoms with E-state index in [1.165, 1.54) is 6.21 Å². The third-order valence-electron chi connectivity index (χ3n) is 6.13. The SMILES string of the molecule is C=C(/C=N\C(Cl)=C/C)[C@@H]1CC(=O)N(C[C@H]2CCCO2)C(C)=C1C(=O)OCc1ccc(OCCCl)cc1. The highest BCUT2D eigenvalue weighted by molar-refractivity contribution is 6.29. The minimum absolute atomic E-state index is 0.0458. The zero-order valence-electron chi connectivity index (χ0n) is 20.7. The normalized spacial score (nSPS) is 20.8. The molecule has 0 saturated carbocycles. The number of carbonyl (C=O) groups excluding carboxylic acids is 2. The zero-order chi connectivity index (χ0) is 26.1. The van der Waals surface area contributed by atoms with Gasteiger partial charge in [-0.2, -0.15) is 0 Å². The lowest BCUT2D eigenvalue weighted by molar-refractivity contribution is -0.142. The van der Waals surface area contributed by atoms with E-state index in [-0.39, 0.29) is 25.0 Å². The number of alkyl halides is 1. The average molecular weight is 535 g/mol. The molecule has 7 nitrogen and oxygen atoms in total. The first-order chi connectivity index (χ1) is 17.3. The lowest BCUT2D eigenvalue weighted by atomic mass is 9.84. The van der Waals surface area contributed by atoms with Gasteiger partial charge in [0.1, 0.15) is 24.1 Å². The number of halogens is 2. The Morgan fingerprint density at radius 3 is 2.72 bits per heavy atom. The number of aliphatic imine (C=N–C) groups is 1. The molecular weight excluding hydrogens is 503 g/mol. The van der Waals surface area contributed by atoms with Crippen LogP contribution in [0.5, 0.6) is 5.75 Å². The van der Waals surface area contributed by atoms with Crippen LogP contribution in [0.1, 0.15) is 38.7 Å². The summed E-state index contributed by atoms with van der Waals surface area (Å²) in [5.74, 6) is -0.0733. The fraction of sp³-hybridized carbons (Fsp3) is 0.444. The molecule has 1 saturated heterocycles. The maximum absolute atomic E-state index is 13.4. The molecule has 0 bridgehead atoms. The van der Waals surface area contributed by atoms with Crippen molar-refractivity contribution < 1.29 is 23.8 Å². The summed E-state index contributed by atoms with van der Waals surface area (Å²) in [5, 5.41) is 0.293. The van der Waals surface area contributed by atoms with Gasteiger partial charge < -0.3 is 19.1 Å². The van der Waals surface area contributed by atoms with Gasteiger partial charge >= 0.3 is 5.97 Å². The van der Waals surface area contributed by atoms with E-state index >= 15 is 0 Å². The third-order valence-corrected chi connectivity index (χ3v) is 6.60. The molecule has 1 aromatic rings. The van der Waals surface area contributed by atoms with Crippen LogP contribution in [0.3, 0.4) is 0 Å². The van der Waals surface area contributed by atoms with Crippen molar-refractivity contribution in [3.05, 3.63) is 64.5 Å². The van der Waals surface area contributed by atoms with Crippen LogP contribution in [-0.4, -0.2) is 54.7 Å². The molecule has 0 radical (unpaired) electrons. The highest BCUT2D eigenvalue weighted by atomic mass is 35.5. The number of hydrogen-bond donors (Lipinski definition) is 0. The number of allylic oxidation sites excluding steroid dienone is 3. The van der Waals surface area contributed by atoms with E-state index < -0.39 is 11.9 Å². The number of amides is 1. The number of nitrogens with zero attached hydrogens (tertiary/aromatic N) is 2. The van der Waals surface area contributed by atoms with Crippen LogP contribution in [0.25, 0.3) is 0 Å². The van der Waals surface area contributed by atoms with Gasteiger partial charge in [-0.05, 0) is 50.0 Å². The number of carbonyl (C=O) groups is 2. The van der Waals surface area contributed by atoms with Crippen LogP contribution in [0.4, 0.5) is 0 Å². The molecule has 194 valence electrons. The molecule has 2 atom stereocenters. The minimum Gasteiger partial charge on any atom is -0.492 e. The van der Waals surface area contributed by atoms with E-state index in [0.29, 0.717) is 53.4 Å². The summed E-state index contributed by atoms with van der Waals surface area (Å²) in [6.07, 6.45) is 5.02. The molecule has 3 rings (SSSR count). The van der Waals surface area contributed by atoms with Crippen LogP contribution in [0.2, 0.25) is 0 Å². The average Bonchev–Trinajstić information content (AvgIpc) is 3.40. The fourth-order valence-electron chi connectivity index (χ4n) is 4.18. The van der Waals surface area contributed by atoms with Crippen LogP contribution in [-0.2, 0) is 25.7 Å². The summed E-state index contributed by atoms with van der Waals surface area (Å²) in [7, 11) is 0. The zero-order valence-corrected chi connectivity index (χ0v) is 22.2. The van der Waals surface area contributed by atoms with Gasteiger partial charge in [-0.3, -0.25) is 4.79 Å². The molecule has 2 aliphatic heterocycles. The Balaban J connectivity index is 1.81. The first kappa shape index (κ1) is 28.0. The van der Waals surface area contributed by atoms with Gasteiger partial charge in [0.2, 0.25) is 5.91 Å². The smallest absolute Gasteiger partial charge is 0.336 e. The van der Waals surface area contributed by atoms with E-state index in [0.717, 1.165) is 18.4 Å². The lowest BCUT2D eigenvalue weighted by Gasteiger charge is -2.35. The minimum atomic E-state index is -0.567. The van der Waals surface area contributed by atoms with Gasteiger partial charge in [-0.15, -0.1) is 11.6 Å². The second-order valence-corrected chi connectivity index (χ2v) is 9.36. The molecule has 0 aliphatic carbocycles. The first-order valence-electron chi connectivity index (χ1n) is 12.0. The molecule has 2 aliphatic rings. The van der Waals surface area contributed by atoms with Crippen LogP contribution >= 0.6 is 23.2 Å². The Morgan fingerprint density at radius 1 is 1.33 bits per heavy atom. The van der Waals surface area contributed by atoms with Crippen molar-refractivity contribution >= 4 is 41.3 Å². The van der Waals surface area contributed by atoms with Crippen molar-refractivity contribution in [3.8, 4) is 5.75 Å². The highest BCUT2D eigenvalue weighted by Gasteiger charge is 2.38. The van der Waals surface area contributed by atoms with Crippen LogP contribution in [0, 0.1) is 5.92 Å². The molecule has 0 spiro atoms. The van der Waals surface area contributed by atoms with E-state index in [9.17, 15) is 9.59 Å². The van der Waals surface area contributed by atoms with Crippen LogP contribution in [0.15, 0.2) is 63.9 Å². The summed E-state index contributed by atoms with van der Waals surface area (Å²) in [5.41, 5.74) is 2.25. The third kappa shape index (κ3) is 7.45. The molecule has 2 heterocycles. The van der Waals surface area contributed by atoms with E-state index in [2.05, 4.69) is 11.6 Å². The van der Waals surface area contributed by atoms with Gasteiger partial charge in [0.25, 0.3) is 0 Å². The van der Waals surface area contributed by atoms with Gasteiger partial charge in [-0.1, -0.05) is 36.4 Å². The Kier molecular flexibility index (Phi) is 10.6. The van der Waals surface area contributed by atoms with Gasteiger partial charge in [0.15, 0.2) is 0 Å². The van der Waals surface area contributed by atoms with Gasteiger partial charge in [0, 0.05) is 30.9 Å². The molecule has 0 aromatic heterocycles. The summed E-state index contributed by atoms with van der Waals surface area (Å²) >= 11 is 11.6. The maximum atomic E-state index is 13.4. The predicted molar refractivity (Wildman–Crippen MR) is 141 cm³/mol. The second-order valence-electron chi connectivity index (χ2n) is 8.60. The van der Waals surface area contributed by atoms with Crippen molar-refractivity contribution in [2.24, 2.45) is 10.9 Å². The molecule has 36 heavy (non-hydrogen) atoms. The predicted octanol–water partition coefficient (Wildman–Crippen LogP) is 5.38. The number of esters is 1. The van der Waals surface area contributed by atoms with E-state index in [1.807, 2.05) is 12.1 Å². The summed E-state index contributed by atoms with van der Waals surface area (Å²) in [6.45, 7) is 9.17. The van der Waals surface area contributed by atoms with Crippen molar-refractivity contribution in [2.75, 3.05) is 25.6 Å². The largest absolute Gasteiger partial charge is 0.492 e. The van der Waals surface area contributed by atoms with E-state index in [1.54, 1.807) is 37.0 Å². The van der Waals surface area contributed by atoms with Crippen molar-refractivity contribution in [3.63, 3.8) is 0 Å². The summed E-state index contributed by atoms with van der Waals surface area (Å²) < 4.78 is 16.9. The number of benzene rings is 1. The maximum Gasteiger partial charge on any atom is 0.336 e. The van der Waals surface area contributed by atoms with E-state index in [4.69, 9.17) is 37.4 Å². The second kappa shape index (κ2) is 13.6. The molecule has 0 unspecified atom stereocenters. The Hall–Kier alpha value is -2.61. The lowest BCUT2D eigenvalue weighted by Crippen LogP contribution is -2.43. The molecule has 1 amide bonds. The Bertz CT molecular complexity index is 1040. The standard InChI is InChI=1S/C27H32Cl2N2O5/c1-4-24(29)30-15-18(2)23-14-25(32)31(16-22-6-5-12-34-22)19(3)26(23)27(33)36-17-20-7-9-21(10-8-20)35-13-11-28/h4,7-10,15,22-23H,2,5-6,11-14,16-17H2,1,3H3/b24-4-,30-15-/t22-,23+/m1/s1. The molecular formula is C27H32Cl2N2O5. The van der Waals surface area contributed by atoms with Gasteiger partial charge in [0.05, 0.1) is 24.1 Å². The molecule has 0 N–H and O–H groups in total. The molecule has 1 fully saturated rings. The molecule has 1 aromatic carbocycles. The molecule has 9 heteroatoms. The number of ether oxygens (including phenoxy) is 3. The Labute approximate surface area is 222 Å². The first-order valence-corrected chi connectivity index (χ1v) is 12.9. The van der Waals surface area contributed by atoms with Crippen molar-refractivity contribution in [2.45, 2.75) is 45.8 Å². The van der Waals surface area contributed by atoms with Crippen molar-refractivity contribution in [1.29, 1.82) is 0 Å². The van der Waals surface area contributed by atoms with Crippen molar-refractivity contribution in [1.82, 2.24) is 4.90 Å². The number of rotatable bonds is 11. The van der Waals surface area contributed by atoms with Gasteiger partial charge in [-0.25, -0.2) is 9.79 Å². The fourth-order valence-corrected chi connectivity index (χ4v) is 4.31. The highest BCUT2D eigenvalue weighted by Crippen LogP contribution is 2.34. The summed E-state index contributed by atoms with van der Waals surface area (Å²) in [4.78, 5) is 32.3. The Morgan fingerprint density at radius 2 is 2.08 bits per heavy atom. The monoisotopic (exact) mass is 534 g/mol. The number of hydrogen-bond acceptors (Lipinski definition) is 6. The van der Waals surface area contributed by atoms with Crippen LogP contribution < -0.4 is 4.74 Å². The summed E-state index contributed by atoms with van der Waals surface area (Å²) in [6, 6.07) is 7.26. The quantitative estimate of drug-likeness (QED) is 0.165.